The van der Waals surface area contributed by atoms with Crippen molar-refractivity contribution >= 4 is 51.3 Å². The van der Waals surface area contributed by atoms with Gasteiger partial charge in [-0.2, -0.15) is 4.57 Å². The third-order valence-electron chi connectivity index (χ3n) is 7.89. The van der Waals surface area contributed by atoms with Gasteiger partial charge in [-0.1, -0.05) is 59.9 Å². The molecule has 2 nitrogen and oxygen atoms in total. The number of furan rings is 1. The molecule has 0 unspecified atom stereocenters. The minimum atomic E-state index is -1.80. The second-order valence-corrected chi connectivity index (χ2v) is 14.8. The molecule has 0 spiro atoms. The van der Waals surface area contributed by atoms with Crippen LogP contribution < -0.4 is 14.9 Å². The highest BCUT2D eigenvalue weighted by Crippen LogP contribution is 2.39. The van der Waals surface area contributed by atoms with E-state index in [-0.39, 0.29) is 5.82 Å². The summed E-state index contributed by atoms with van der Waals surface area (Å²) in [5, 5.41) is 6.04. The van der Waals surface area contributed by atoms with Crippen LogP contribution in [0.25, 0.3) is 44.1 Å². The third kappa shape index (κ3) is 3.40. The van der Waals surface area contributed by atoms with Gasteiger partial charge in [0.15, 0.2) is 0 Å². The maximum atomic E-state index is 13.9. The van der Waals surface area contributed by atoms with Gasteiger partial charge in [-0.05, 0) is 55.3 Å². The number of pyridine rings is 1. The molecular weight excluding hydrogens is 461 g/mol. The van der Waals surface area contributed by atoms with Crippen molar-refractivity contribution in [2.45, 2.75) is 26.9 Å². The van der Waals surface area contributed by atoms with Crippen molar-refractivity contribution < 1.29 is 13.4 Å². The SMILES string of the molecule is Cc1cc2c(oc3cc(F)ccc32)c(-c2ccc3cc([Si](C)(C)c4ccccc4)ccc3[n+]2C)c1C. The Balaban J connectivity index is 1.56. The first-order valence-electron chi connectivity index (χ1n) is 12.4. The first-order chi connectivity index (χ1) is 17.3. The number of hydrogen-bond acceptors (Lipinski definition) is 1. The van der Waals surface area contributed by atoms with E-state index in [9.17, 15) is 4.39 Å². The van der Waals surface area contributed by atoms with Crippen molar-refractivity contribution in [2.75, 3.05) is 0 Å². The molecule has 0 aliphatic rings. The minimum Gasteiger partial charge on any atom is -0.455 e. The minimum absolute atomic E-state index is 0.286. The van der Waals surface area contributed by atoms with Crippen LogP contribution in [-0.4, -0.2) is 8.07 Å². The average molecular weight is 491 g/mol. The Labute approximate surface area is 211 Å². The molecular formula is C32H29FNOSi+. The van der Waals surface area contributed by atoms with Gasteiger partial charge in [0.05, 0.1) is 5.56 Å². The number of aryl methyl sites for hydroxylation is 2. The summed E-state index contributed by atoms with van der Waals surface area (Å²) >= 11 is 0. The van der Waals surface area contributed by atoms with E-state index in [2.05, 4.69) is 105 Å². The van der Waals surface area contributed by atoms with Gasteiger partial charge in [0.2, 0.25) is 11.2 Å². The van der Waals surface area contributed by atoms with Crippen molar-refractivity contribution in [3.05, 3.63) is 102 Å². The first kappa shape index (κ1) is 22.7. The van der Waals surface area contributed by atoms with Gasteiger partial charge in [-0.25, -0.2) is 4.39 Å². The standard InChI is InChI=1S/C32H29FNOSi/c1-20-17-27-26-14-12-23(33)19-30(26)35-32(27)31(21(20)2)29-15-11-22-18-25(13-16-28(22)34(29)3)36(4,5)24-9-7-6-8-10-24/h6-19H,1-5H3/q+1. The van der Waals surface area contributed by atoms with Crippen LogP contribution in [0.5, 0.6) is 0 Å². The van der Waals surface area contributed by atoms with Gasteiger partial charge in [-0.15, -0.1) is 0 Å². The molecule has 0 bridgehead atoms. The fourth-order valence-electron chi connectivity index (χ4n) is 5.49. The number of hydrogen-bond donors (Lipinski definition) is 0. The van der Waals surface area contributed by atoms with E-state index in [4.69, 9.17) is 4.42 Å². The predicted molar refractivity (Wildman–Crippen MR) is 150 cm³/mol. The number of benzene rings is 4. The molecule has 0 saturated heterocycles. The zero-order chi connectivity index (χ0) is 25.2. The molecule has 0 saturated carbocycles. The maximum Gasteiger partial charge on any atom is 0.216 e. The van der Waals surface area contributed by atoms with E-state index in [0.717, 1.165) is 27.6 Å². The van der Waals surface area contributed by atoms with Crippen LogP contribution in [0.2, 0.25) is 13.1 Å². The lowest BCUT2D eigenvalue weighted by Gasteiger charge is -2.23. The zero-order valence-electron chi connectivity index (χ0n) is 21.3. The summed E-state index contributed by atoms with van der Waals surface area (Å²) in [4.78, 5) is 0. The summed E-state index contributed by atoms with van der Waals surface area (Å²) in [7, 11) is 0.319. The van der Waals surface area contributed by atoms with Crippen LogP contribution in [0.1, 0.15) is 11.1 Å². The molecule has 4 aromatic carbocycles. The quantitative estimate of drug-likeness (QED) is 0.197. The summed E-state index contributed by atoms with van der Waals surface area (Å²) in [6.07, 6.45) is 0. The molecule has 2 heterocycles. The molecule has 0 N–H and O–H groups in total. The molecule has 0 aliphatic heterocycles. The van der Waals surface area contributed by atoms with Crippen molar-refractivity contribution in [3.8, 4) is 11.3 Å². The van der Waals surface area contributed by atoms with Gasteiger partial charge in [0, 0.05) is 34.4 Å². The lowest BCUT2D eigenvalue weighted by atomic mass is 9.96. The van der Waals surface area contributed by atoms with Crippen LogP contribution in [0.3, 0.4) is 0 Å². The first-order valence-corrected chi connectivity index (χ1v) is 15.4. The van der Waals surface area contributed by atoms with Gasteiger partial charge < -0.3 is 4.42 Å². The Morgan fingerprint density at radius 2 is 1.56 bits per heavy atom. The van der Waals surface area contributed by atoms with E-state index in [1.807, 2.05) is 6.07 Å². The number of halogens is 1. The fourth-order valence-corrected chi connectivity index (χ4v) is 7.86. The number of nitrogens with zero attached hydrogens (tertiary/aromatic N) is 1. The van der Waals surface area contributed by atoms with Crippen LogP contribution in [0.15, 0.2) is 89.3 Å². The summed E-state index contributed by atoms with van der Waals surface area (Å²) in [5.74, 6) is -0.286. The summed E-state index contributed by atoms with van der Waals surface area (Å²) < 4.78 is 22.5. The van der Waals surface area contributed by atoms with E-state index >= 15 is 0 Å². The molecule has 6 rings (SSSR count). The highest BCUT2D eigenvalue weighted by molar-refractivity contribution is 7.00. The Bertz CT molecular complexity index is 1800. The Hall–Kier alpha value is -3.76. The van der Waals surface area contributed by atoms with Crippen molar-refractivity contribution in [1.82, 2.24) is 0 Å². The molecule has 6 aromatic rings. The molecule has 0 radical (unpaired) electrons. The van der Waals surface area contributed by atoms with E-state index in [1.165, 1.54) is 44.5 Å². The van der Waals surface area contributed by atoms with E-state index in [0.29, 0.717) is 5.58 Å². The number of fused-ring (bicyclic) bond motifs is 4. The van der Waals surface area contributed by atoms with Crippen LogP contribution in [-0.2, 0) is 7.05 Å². The second kappa shape index (κ2) is 8.14. The van der Waals surface area contributed by atoms with E-state index < -0.39 is 8.07 Å². The van der Waals surface area contributed by atoms with Crippen molar-refractivity contribution in [3.63, 3.8) is 0 Å². The maximum absolute atomic E-state index is 13.9. The van der Waals surface area contributed by atoms with Crippen LogP contribution in [0.4, 0.5) is 4.39 Å². The summed E-state index contributed by atoms with van der Waals surface area (Å²) in [6.45, 7) is 9.09. The fraction of sp³-hybridized carbons (Fsp3) is 0.156. The zero-order valence-corrected chi connectivity index (χ0v) is 22.3. The Morgan fingerprint density at radius 3 is 2.33 bits per heavy atom. The molecule has 4 heteroatoms. The van der Waals surface area contributed by atoms with Gasteiger partial charge in [0.1, 0.15) is 32.1 Å². The third-order valence-corrected chi connectivity index (χ3v) is 11.4. The number of aromatic nitrogens is 1. The molecule has 0 aliphatic carbocycles. The molecule has 0 amide bonds. The van der Waals surface area contributed by atoms with Gasteiger partial charge >= 0.3 is 0 Å². The largest absolute Gasteiger partial charge is 0.455 e. The van der Waals surface area contributed by atoms with E-state index in [1.54, 1.807) is 0 Å². The monoisotopic (exact) mass is 490 g/mol. The average Bonchev–Trinajstić information content (AvgIpc) is 3.22. The second-order valence-electron chi connectivity index (χ2n) is 10.4. The lowest BCUT2D eigenvalue weighted by molar-refractivity contribution is -0.633. The molecule has 178 valence electrons. The summed E-state index contributed by atoms with van der Waals surface area (Å²) in [6, 6.07) is 29.1. The summed E-state index contributed by atoms with van der Waals surface area (Å²) in [5.41, 5.74) is 7.07. The lowest BCUT2D eigenvalue weighted by Crippen LogP contribution is -2.52. The van der Waals surface area contributed by atoms with Crippen molar-refractivity contribution in [1.29, 1.82) is 0 Å². The molecule has 36 heavy (non-hydrogen) atoms. The van der Waals surface area contributed by atoms with Crippen molar-refractivity contribution in [2.24, 2.45) is 7.05 Å². The van der Waals surface area contributed by atoms with Crippen LogP contribution >= 0.6 is 0 Å². The Morgan fingerprint density at radius 1 is 0.778 bits per heavy atom. The molecule has 2 aromatic heterocycles. The van der Waals surface area contributed by atoms with Gasteiger partial charge in [-0.3, -0.25) is 0 Å². The molecule has 0 fully saturated rings. The Kier molecular flexibility index (Phi) is 5.13. The predicted octanol–water partition coefficient (Wildman–Crippen LogP) is 6.81. The highest BCUT2D eigenvalue weighted by Gasteiger charge is 2.28. The smallest absolute Gasteiger partial charge is 0.216 e. The topological polar surface area (TPSA) is 17.0 Å². The molecule has 0 atom stereocenters. The van der Waals surface area contributed by atoms with Crippen LogP contribution in [0, 0.1) is 19.7 Å². The highest BCUT2D eigenvalue weighted by atomic mass is 28.3. The van der Waals surface area contributed by atoms with Gasteiger partial charge in [0.25, 0.3) is 0 Å². The number of rotatable bonds is 3. The normalized spacial score (nSPS) is 12.2.